The zero-order valence-electron chi connectivity index (χ0n) is 11.6. The molecule has 0 spiro atoms. The molecule has 19 heavy (non-hydrogen) atoms. The first-order valence-electron chi connectivity index (χ1n) is 5.89. The average molecular weight is 284 g/mol. The predicted molar refractivity (Wildman–Crippen MR) is 76.4 cm³/mol. The van der Waals surface area contributed by atoms with Crippen LogP contribution in [-0.2, 0) is 21.2 Å². The normalized spacial score (nSPS) is 12.2. The van der Waals surface area contributed by atoms with E-state index in [0.29, 0.717) is 5.69 Å². The summed E-state index contributed by atoms with van der Waals surface area (Å²) in [6.45, 7) is 4.90. The van der Waals surface area contributed by atoms with Gasteiger partial charge in [-0.1, -0.05) is 12.1 Å². The van der Waals surface area contributed by atoms with E-state index >= 15 is 0 Å². The van der Waals surface area contributed by atoms with Crippen LogP contribution in [0.2, 0.25) is 0 Å². The molecule has 106 valence electrons. The fourth-order valence-electron chi connectivity index (χ4n) is 1.45. The summed E-state index contributed by atoms with van der Waals surface area (Å²) in [4.78, 5) is 12.0. The van der Waals surface area contributed by atoms with Gasteiger partial charge in [-0.15, -0.1) is 0 Å². The van der Waals surface area contributed by atoms with Crippen molar-refractivity contribution in [1.82, 2.24) is 5.32 Å². The van der Waals surface area contributed by atoms with E-state index in [9.17, 15) is 13.2 Å². The van der Waals surface area contributed by atoms with Gasteiger partial charge in [0, 0.05) is 18.5 Å². The highest BCUT2D eigenvalue weighted by molar-refractivity contribution is 7.92. The fourth-order valence-corrected chi connectivity index (χ4v) is 1.86. The Morgan fingerprint density at radius 3 is 2.47 bits per heavy atom. The van der Waals surface area contributed by atoms with Gasteiger partial charge >= 0.3 is 0 Å². The second-order valence-corrected chi connectivity index (χ2v) is 7.66. The van der Waals surface area contributed by atoms with E-state index in [4.69, 9.17) is 5.73 Å². The molecule has 0 radical (unpaired) electrons. The third-order valence-corrected chi connectivity index (χ3v) is 5.44. The summed E-state index contributed by atoms with van der Waals surface area (Å²) >= 11 is 0. The standard InChI is InChI=1S/C13H20N2O3S/c1-9-10(6-5-7-11(9)14)8-15-12(16)13(2,3)19(4,17)18/h5-7H,8,14H2,1-4H3,(H,15,16). The van der Waals surface area contributed by atoms with Gasteiger partial charge in [-0.05, 0) is 38.0 Å². The van der Waals surface area contributed by atoms with Crippen molar-refractivity contribution < 1.29 is 13.2 Å². The number of nitrogen functional groups attached to an aromatic ring is 1. The first kappa shape index (κ1) is 15.5. The van der Waals surface area contributed by atoms with Crippen LogP contribution in [0.1, 0.15) is 25.0 Å². The lowest BCUT2D eigenvalue weighted by atomic mass is 10.1. The third kappa shape index (κ3) is 3.26. The number of hydrogen-bond acceptors (Lipinski definition) is 4. The van der Waals surface area contributed by atoms with E-state index in [1.54, 1.807) is 12.1 Å². The Morgan fingerprint density at radius 2 is 1.95 bits per heavy atom. The molecule has 1 aromatic carbocycles. The van der Waals surface area contributed by atoms with Gasteiger partial charge in [0.15, 0.2) is 9.84 Å². The lowest BCUT2D eigenvalue weighted by Gasteiger charge is -2.21. The molecule has 1 amide bonds. The van der Waals surface area contributed by atoms with Gasteiger partial charge < -0.3 is 11.1 Å². The van der Waals surface area contributed by atoms with Crippen LogP contribution in [0, 0.1) is 6.92 Å². The maximum atomic E-state index is 12.0. The number of nitrogens with two attached hydrogens (primary N) is 1. The van der Waals surface area contributed by atoms with Crippen LogP contribution in [0.15, 0.2) is 18.2 Å². The average Bonchev–Trinajstić information content (AvgIpc) is 2.29. The minimum atomic E-state index is -3.46. The molecule has 0 aliphatic heterocycles. The van der Waals surface area contributed by atoms with Crippen LogP contribution in [0.5, 0.6) is 0 Å². The molecular weight excluding hydrogens is 264 g/mol. The Bertz CT molecular complexity index is 592. The number of carbonyl (C=O) groups is 1. The summed E-state index contributed by atoms with van der Waals surface area (Å²) in [7, 11) is -3.46. The van der Waals surface area contributed by atoms with Crippen molar-refractivity contribution >= 4 is 21.4 Å². The summed E-state index contributed by atoms with van der Waals surface area (Å²) in [5.41, 5.74) is 8.18. The molecule has 0 heterocycles. The van der Waals surface area contributed by atoms with Crippen molar-refractivity contribution in [2.75, 3.05) is 12.0 Å². The van der Waals surface area contributed by atoms with Crippen LogP contribution >= 0.6 is 0 Å². The van der Waals surface area contributed by atoms with Crippen molar-refractivity contribution in [3.63, 3.8) is 0 Å². The molecule has 0 aromatic heterocycles. The number of anilines is 1. The van der Waals surface area contributed by atoms with Gasteiger partial charge in [0.05, 0.1) is 0 Å². The van der Waals surface area contributed by atoms with Gasteiger partial charge in [0.1, 0.15) is 4.75 Å². The quantitative estimate of drug-likeness (QED) is 0.808. The van der Waals surface area contributed by atoms with Crippen molar-refractivity contribution in [1.29, 1.82) is 0 Å². The maximum Gasteiger partial charge on any atom is 0.241 e. The minimum absolute atomic E-state index is 0.259. The van der Waals surface area contributed by atoms with E-state index in [1.165, 1.54) is 13.8 Å². The number of amides is 1. The van der Waals surface area contributed by atoms with Gasteiger partial charge in [0.2, 0.25) is 5.91 Å². The molecular formula is C13H20N2O3S. The van der Waals surface area contributed by atoms with E-state index in [-0.39, 0.29) is 6.54 Å². The van der Waals surface area contributed by atoms with E-state index in [2.05, 4.69) is 5.32 Å². The van der Waals surface area contributed by atoms with Gasteiger partial charge in [-0.25, -0.2) is 8.42 Å². The molecule has 0 fully saturated rings. The molecule has 0 unspecified atom stereocenters. The van der Waals surface area contributed by atoms with Gasteiger partial charge in [-0.3, -0.25) is 4.79 Å². The predicted octanol–water partition coefficient (Wildman–Crippen LogP) is 1.02. The van der Waals surface area contributed by atoms with Crippen LogP contribution in [0.4, 0.5) is 5.69 Å². The molecule has 6 heteroatoms. The Hall–Kier alpha value is -1.56. The molecule has 0 bridgehead atoms. The summed E-state index contributed by atoms with van der Waals surface area (Å²) < 4.78 is 21.6. The molecule has 0 aliphatic rings. The summed E-state index contributed by atoms with van der Waals surface area (Å²) in [6.07, 6.45) is 1.05. The van der Waals surface area contributed by atoms with E-state index in [1.807, 2.05) is 13.0 Å². The molecule has 1 rings (SSSR count). The van der Waals surface area contributed by atoms with Crippen LogP contribution in [0.25, 0.3) is 0 Å². The Balaban J connectivity index is 2.84. The summed E-state index contributed by atoms with van der Waals surface area (Å²) in [5, 5.41) is 2.64. The second kappa shape index (κ2) is 5.21. The second-order valence-electron chi connectivity index (χ2n) is 5.10. The maximum absolute atomic E-state index is 12.0. The number of carbonyl (C=O) groups excluding carboxylic acids is 1. The van der Waals surface area contributed by atoms with Crippen molar-refractivity contribution in [3.05, 3.63) is 29.3 Å². The number of sulfone groups is 1. The molecule has 0 saturated carbocycles. The van der Waals surface area contributed by atoms with E-state index in [0.717, 1.165) is 17.4 Å². The highest BCUT2D eigenvalue weighted by atomic mass is 32.2. The Labute approximate surface area is 114 Å². The van der Waals surface area contributed by atoms with Gasteiger partial charge in [-0.2, -0.15) is 0 Å². The van der Waals surface area contributed by atoms with Gasteiger partial charge in [0.25, 0.3) is 0 Å². The number of benzene rings is 1. The van der Waals surface area contributed by atoms with Crippen molar-refractivity contribution in [3.8, 4) is 0 Å². The Morgan fingerprint density at radius 1 is 1.37 bits per heavy atom. The minimum Gasteiger partial charge on any atom is -0.399 e. The highest BCUT2D eigenvalue weighted by Crippen LogP contribution is 2.17. The largest absolute Gasteiger partial charge is 0.399 e. The molecule has 5 nitrogen and oxygen atoms in total. The summed E-state index contributed by atoms with van der Waals surface area (Å²) in [5.74, 6) is -0.517. The van der Waals surface area contributed by atoms with Crippen molar-refractivity contribution in [2.24, 2.45) is 0 Å². The molecule has 3 N–H and O–H groups in total. The SMILES string of the molecule is Cc1c(N)cccc1CNC(=O)C(C)(C)S(C)(=O)=O. The Kier molecular flexibility index (Phi) is 4.25. The molecule has 0 aliphatic carbocycles. The number of nitrogens with one attached hydrogen (secondary N) is 1. The third-order valence-electron chi connectivity index (χ3n) is 3.40. The zero-order chi connectivity index (χ0) is 14.8. The first-order valence-corrected chi connectivity index (χ1v) is 7.78. The molecule has 0 atom stereocenters. The first-order chi connectivity index (χ1) is 8.57. The number of hydrogen-bond donors (Lipinski definition) is 2. The fraction of sp³-hybridized carbons (Fsp3) is 0.462. The lowest BCUT2D eigenvalue weighted by Crippen LogP contribution is -2.47. The van der Waals surface area contributed by atoms with Crippen molar-refractivity contribution in [2.45, 2.75) is 32.1 Å². The highest BCUT2D eigenvalue weighted by Gasteiger charge is 2.38. The molecule has 0 saturated heterocycles. The van der Waals surface area contributed by atoms with Crippen LogP contribution in [-0.4, -0.2) is 25.3 Å². The lowest BCUT2D eigenvalue weighted by molar-refractivity contribution is -0.123. The van der Waals surface area contributed by atoms with Crippen LogP contribution in [0.3, 0.4) is 0 Å². The van der Waals surface area contributed by atoms with Crippen LogP contribution < -0.4 is 11.1 Å². The molecule has 1 aromatic rings. The van der Waals surface area contributed by atoms with E-state index < -0.39 is 20.5 Å². The summed E-state index contributed by atoms with van der Waals surface area (Å²) in [6, 6.07) is 5.42. The number of rotatable bonds is 4. The topological polar surface area (TPSA) is 89.3 Å². The smallest absolute Gasteiger partial charge is 0.241 e. The zero-order valence-corrected chi connectivity index (χ0v) is 12.5. The monoisotopic (exact) mass is 284 g/mol.